The first kappa shape index (κ1) is 11.3. The summed E-state index contributed by atoms with van der Waals surface area (Å²) in [5, 5.41) is 12.9. The summed E-state index contributed by atoms with van der Waals surface area (Å²) in [7, 11) is 0. The molecule has 4 nitrogen and oxygen atoms in total. The first-order valence-corrected chi connectivity index (χ1v) is 4.22. The maximum absolute atomic E-state index is 9.36. The van der Waals surface area contributed by atoms with E-state index in [-0.39, 0.29) is 7.47 Å². The van der Waals surface area contributed by atoms with Crippen LogP contribution >= 0.6 is 0 Å². The van der Waals surface area contributed by atoms with Crippen molar-refractivity contribution in [1.82, 2.24) is 0 Å². The van der Waals surface area contributed by atoms with Crippen molar-refractivity contribution in [2.75, 3.05) is 0 Å². The van der Waals surface area contributed by atoms with E-state index in [1.54, 1.807) is 13.8 Å². The van der Waals surface area contributed by atoms with Gasteiger partial charge in [0.05, 0.1) is 5.60 Å². The van der Waals surface area contributed by atoms with Gasteiger partial charge in [0.1, 0.15) is 0 Å². The fourth-order valence-electron chi connectivity index (χ4n) is 0.976. The standard InChI is InChI=1S/C8H17N3O.H2/c1-7(10-11-9)5-4-6-8(2,3)12;/h7,12H,4-6H2,1-3H3;1H. The maximum atomic E-state index is 9.36. The van der Waals surface area contributed by atoms with E-state index < -0.39 is 5.60 Å². The third-order valence-electron chi connectivity index (χ3n) is 1.66. The highest BCUT2D eigenvalue weighted by Gasteiger charge is 2.11. The molecule has 0 radical (unpaired) electrons. The van der Waals surface area contributed by atoms with Gasteiger partial charge in [-0.3, -0.25) is 0 Å². The lowest BCUT2D eigenvalue weighted by atomic mass is 10.00. The maximum Gasteiger partial charge on any atom is 0.0591 e. The van der Waals surface area contributed by atoms with Crippen molar-refractivity contribution >= 4 is 0 Å². The van der Waals surface area contributed by atoms with Crippen molar-refractivity contribution in [3.05, 3.63) is 10.4 Å². The smallest absolute Gasteiger partial charge is 0.0591 e. The van der Waals surface area contributed by atoms with Crippen LogP contribution in [0.2, 0.25) is 0 Å². The molecule has 0 aliphatic carbocycles. The average molecular weight is 173 g/mol. The Balaban J connectivity index is 0. The van der Waals surface area contributed by atoms with Crippen LogP contribution in [0.3, 0.4) is 0 Å². The lowest BCUT2D eigenvalue weighted by molar-refractivity contribution is 0.0678. The third kappa shape index (κ3) is 7.38. The minimum Gasteiger partial charge on any atom is -0.390 e. The van der Waals surface area contributed by atoms with E-state index in [0.717, 1.165) is 19.3 Å². The molecule has 0 saturated carbocycles. The van der Waals surface area contributed by atoms with Crippen LogP contribution in [-0.2, 0) is 0 Å². The van der Waals surface area contributed by atoms with Gasteiger partial charge in [-0.25, -0.2) is 0 Å². The van der Waals surface area contributed by atoms with Gasteiger partial charge in [0.25, 0.3) is 0 Å². The summed E-state index contributed by atoms with van der Waals surface area (Å²) in [6.07, 6.45) is 2.48. The Hall–Kier alpha value is -0.730. The monoisotopic (exact) mass is 173 g/mol. The fraction of sp³-hybridized carbons (Fsp3) is 1.00. The number of hydrogen-bond acceptors (Lipinski definition) is 2. The number of hydrogen-bond donors (Lipinski definition) is 1. The molecule has 1 atom stereocenters. The van der Waals surface area contributed by atoms with Crippen molar-refractivity contribution in [2.24, 2.45) is 5.11 Å². The van der Waals surface area contributed by atoms with Gasteiger partial charge in [-0.2, -0.15) is 0 Å². The van der Waals surface area contributed by atoms with Crippen LogP contribution in [0.5, 0.6) is 0 Å². The van der Waals surface area contributed by atoms with Crippen molar-refractivity contribution in [2.45, 2.75) is 51.7 Å². The fourth-order valence-corrected chi connectivity index (χ4v) is 0.976. The zero-order valence-electron chi connectivity index (χ0n) is 7.99. The number of azide groups is 1. The second-order valence-electron chi connectivity index (χ2n) is 3.76. The van der Waals surface area contributed by atoms with Gasteiger partial charge in [-0.05, 0) is 32.2 Å². The number of nitrogens with zero attached hydrogens (tertiary/aromatic N) is 3. The van der Waals surface area contributed by atoms with Gasteiger partial charge in [0.15, 0.2) is 0 Å². The quantitative estimate of drug-likeness (QED) is 0.387. The summed E-state index contributed by atoms with van der Waals surface area (Å²) in [4.78, 5) is 2.71. The Bertz CT molecular complexity index is 173. The highest BCUT2D eigenvalue weighted by Crippen LogP contribution is 2.14. The van der Waals surface area contributed by atoms with Gasteiger partial charge in [0.2, 0.25) is 0 Å². The van der Waals surface area contributed by atoms with E-state index in [4.69, 9.17) is 5.53 Å². The van der Waals surface area contributed by atoms with Gasteiger partial charge in [-0.15, -0.1) is 0 Å². The molecule has 0 aromatic rings. The Morgan fingerprint density at radius 3 is 2.67 bits per heavy atom. The SMILES string of the molecule is CC(CCCC(C)(C)O)N=[N+]=[N-].[HH]. The van der Waals surface area contributed by atoms with Gasteiger partial charge < -0.3 is 5.11 Å². The molecule has 1 unspecified atom stereocenters. The molecule has 4 heteroatoms. The minimum absolute atomic E-state index is 0. The zero-order valence-corrected chi connectivity index (χ0v) is 7.99. The Kier molecular flexibility index (Phi) is 4.71. The molecule has 0 spiro atoms. The van der Waals surface area contributed by atoms with E-state index in [2.05, 4.69) is 10.0 Å². The average Bonchev–Trinajstić information content (AvgIpc) is 1.84. The molecule has 1 N–H and O–H groups in total. The molecule has 0 heterocycles. The van der Waals surface area contributed by atoms with Crippen LogP contribution in [0.1, 0.15) is 41.5 Å². The van der Waals surface area contributed by atoms with E-state index in [1.165, 1.54) is 0 Å². The van der Waals surface area contributed by atoms with E-state index in [1.807, 2.05) is 6.92 Å². The topological polar surface area (TPSA) is 69.0 Å². The van der Waals surface area contributed by atoms with Gasteiger partial charge in [0, 0.05) is 12.4 Å². The Morgan fingerprint density at radius 2 is 2.25 bits per heavy atom. The van der Waals surface area contributed by atoms with E-state index in [9.17, 15) is 5.11 Å². The Labute approximate surface area is 74.7 Å². The highest BCUT2D eigenvalue weighted by atomic mass is 16.3. The van der Waals surface area contributed by atoms with Crippen LogP contribution in [0.15, 0.2) is 5.11 Å². The molecule has 0 aromatic carbocycles. The molecule has 0 bridgehead atoms. The van der Waals surface area contributed by atoms with Gasteiger partial charge in [-0.1, -0.05) is 18.5 Å². The summed E-state index contributed by atoms with van der Waals surface area (Å²) < 4.78 is 0. The van der Waals surface area contributed by atoms with Crippen LogP contribution in [-0.4, -0.2) is 16.7 Å². The van der Waals surface area contributed by atoms with Crippen LogP contribution in [0.25, 0.3) is 10.4 Å². The molecule has 12 heavy (non-hydrogen) atoms. The van der Waals surface area contributed by atoms with Crippen molar-refractivity contribution in [3.63, 3.8) is 0 Å². The molecule has 0 aliphatic heterocycles. The summed E-state index contributed by atoms with van der Waals surface area (Å²) in [5.74, 6) is 0. The zero-order chi connectivity index (χ0) is 9.61. The molecule has 0 aromatic heterocycles. The van der Waals surface area contributed by atoms with Crippen LogP contribution in [0, 0.1) is 0 Å². The molecule has 0 amide bonds. The van der Waals surface area contributed by atoms with Gasteiger partial charge >= 0.3 is 0 Å². The first-order chi connectivity index (χ1) is 5.45. The summed E-state index contributed by atoms with van der Waals surface area (Å²) in [5.41, 5.74) is 7.50. The summed E-state index contributed by atoms with van der Waals surface area (Å²) >= 11 is 0. The summed E-state index contributed by atoms with van der Waals surface area (Å²) in [6, 6.07) is 0.0392. The Morgan fingerprint density at radius 1 is 1.67 bits per heavy atom. The second kappa shape index (κ2) is 5.01. The molecule has 0 aliphatic rings. The molecular formula is C8H19N3O. The molecule has 0 saturated heterocycles. The van der Waals surface area contributed by atoms with E-state index >= 15 is 0 Å². The molecule has 72 valence electrons. The lowest BCUT2D eigenvalue weighted by Gasteiger charge is -2.16. The van der Waals surface area contributed by atoms with Crippen molar-refractivity contribution < 1.29 is 6.53 Å². The van der Waals surface area contributed by atoms with Crippen molar-refractivity contribution in [3.8, 4) is 0 Å². The van der Waals surface area contributed by atoms with Crippen LogP contribution < -0.4 is 0 Å². The van der Waals surface area contributed by atoms with E-state index in [0.29, 0.717) is 0 Å². The summed E-state index contributed by atoms with van der Waals surface area (Å²) in [6.45, 7) is 5.44. The lowest BCUT2D eigenvalue weighted by Crippen LogP contribution is -2.18. The number of aliphatic hydroxyl groups is 1. The second-order valence-corrected chi connectivity index (χ2v) is 3.76. The number of rotatable bonds is 5. The normalized spacial score (nSPS) is 13.7. The third-order valence-corrected chi connectivity index (χ3v) is 1.66. The molecule has 0 rings (SSSR count). The predicted molar refractivity (Wildman–Crippen MR) is 50.9 cm³/mol. The highest BCUT2D eigenvalue weighted by molar-refractivity contribution is 4.67. The van der Waals surface area contributed by atoms with Crippen molar-refractivity contribution in [1.29, 1.82) is 0 Å². The largest absolute Gasteiger partial charge is 0.390 e. The minimum atomic E-state index is -0.601. The predicted octanol–water partition coefficient (Wildman–Crippen LogP) is 2.87. The first-order valence-electron chi connectivity index (χ1n) is 4.22. The molecular weight excluding hydrogens is 154 g/mol. The molecule has 0 fully saturated rings. The van der Waals surface area contributed by atoms with Crippen LogP contribution in [0.4, 0.5) is 0 Å².